The summed E-state index contributed by atoms with van der Waals surface area (Å²) in [6.45, 7) is 2.19. The van der Waals surface area contributed by atoms with Crippen LogP contribution in [0.15, 0.2) is 30.3 Å². The van der Waals surface area contributed by atoms with Crippen molar-refractivity contribution in [2.75, 3.05) is 24.0 Å². The SMILES string of the molecule is CSCCC(C)N(C)c1ccccc1/C=C/C(=O)O. The molecular formula is C15H21NO2S. The minimum Gasteiger partial charge on any atom is -0.478 e. The predicted octanol–water partition coefficient (Wildman–Crippen LogP) is 3.36. The molecule has 0 bridgehead atoms. The first-order valence-electron chi connectivity index (χ1n) is 6.28. The maximum Gasteiger partial charge on any atom is 0.328 e. The fraction of sp³-hybridized carbons (Fsp3) is 0.400. The molecule has 0 aliphatic rings. The normalized spacial score (nSPS) is 12.6. The van der Waals surface area contributed by atoms with E-state index in [1.165, 1.54) is 6.08 Å². The number of rotatable bonds is 7. The van der Waals surface area contributed by atoms with Crippen molar-refractivity contribution in [2.24, 2.45) is 0 Å². The molecule has 4 heteroatoms. The molecule has 0 saturated heterocycles. The number of hydrogen-bond acceptors (Lipinski definition) is 3. The second-order valence-electron chi connectivity index (χ2n) is 4.47. The zero-order valence-electron chi connectivity index (χ0n) is 11.7. The molecule has 1 atom stereocenters. The third-order valence-electron chi connectivity index (χ3n) is 3.12. The monoisotopic (exact) mass is 279 g/mol. The topological polar surface area (TPSA) is 40.5 Å². The maximum atomic E-state index is 10.6. The number of hydrogen-bond donors (Lipinski definition) is 1. The average Bonchev–Trinajstić information content (AvgIpc) is 2.42. The number of aliphatic carboxylic acids is 1. The van der Waals surface area contributed by atoms with E-state index in [-0.39, 0.29) is 0 Å². The Hall–Kier alpha value is -1.42. The van der Waals surface area contributed by atoms with Gasteiger partial charge in [0, 0.05) is 24.9 Å². The van der Waals surface area contributed by atoms with E-state index < -0.39 is 5.97 Å². The molecule has 0 heterocycles. The van der Waals surface area contributed by atoms with Crippen LogP contribution in [0.1, 0.15) is 18.9 Å². The molecule has 0 spiro atoms. The van der Waals surface area contributed by atoms with Crippen LogP contribution in [0, 0.1) is 0 Å². The summed E-state index contributed by atoms with van der Waals surface area (Å²) in [5, 5.41) is 8.73. The van der Waals surface area contributed by atoms with Crippen LogP contribution >= 0.6 is 11.8 Å². The predicted molar refractivity (Wildman–Crippen MR) is 84.0 cm³/mol. The van der Waals surface area contributed by atoms with Crippen LogP contribution < -0.4 is 4.90 Å². The summed E-state index contributed by atoms with van der Waals surface area (Å²) >= 11 is 1.84. The van der Waals surface area contributed by atoms with Gasteiger partial charge in [0.25, 0.3) is 0 Å². The molecule has 0 amide bonds. The Kier molecular flexibility index (Phi) is 6.50. The molecule has 0 radical (unpaired) electrons. The van der Waals surface area contributed by atoms with Gasteiger partial charge in [0.05, 0.1) is 0 Å². The Morgan fingerprint density at radius 3 is 2.79 bits per heavy atom. The smallest absolute Gasteiger partial charge is 0.328 e. The Balaban J connectivity index is 2.89. The van der Waals surface area contributed by atoms with Crippen molar-refractivity contribution >= 4 is 29.5 Å². The summed E-state index contributed by atoms with van der Waals surface area (Å²) in [6, 6.07) is 8.28. The van der Waals surface area contributed by atoms with Crippen molar-refractivity contribution in [3.05, 3.63) is 35.9 Å². The number of carboxylic acids is 1. The Morgan fingerprint density at radius 1 is 1.47 bits per heavy atom. The minimum atomic E-state index is -0.923. The van der Waals surface area contributed by atoms with Crippen molar-refractivity contribution in [2.45, 2.75) is 19.4 Å². The van der Waals surface area contributed by atoms with Gasteiger partial charge in [0.1, 0.15) is 0 Å². The number of anilines is 1. The van der Waals surface area contributed by atoms with Gasteiger partial charge in [-0.25, -0.2) is 4.79 Å². The largest absolute Gasteiger partial charge is 0.478 e. The number of thioether (sulfide) groups is 1. The number of carboxylic acid groups (broad SMARTS) is 1. The van der Waals surface area contributed by atoms with Gasteiger partial charge in [-0.1, -0.05) is 18.2 Å². The minimum absolute atomic E-state index is 0.423. The highest BCUT2D eigenvalue weighted by Gasteiger charge is 2.11. The zero-order valence-corrected chi connectivity index (χ0v) is 12.5. The molecule has 1 N–H and O–H groups in total. The molecule has 0 aliphatic heterocycles. The van der Waals surface area contributed by atoms with E-state index in [2.05, 4.69) is 25.1 Å². The van der Waals surface area contributed by atoms with Gasteiger partial charge in [0.2, 0.25) is 0 Å². The van der Waals surface area contributed by atoms with Crippen molar-refractivity contribution in [3.8, 4) is 0 Å². The maximum absolute atomic E-state index is 10.6. The average molecular weight is 279 g/mol. The third-order valence-corrected chi connectivity index (χ3v) is 3.77. The molecule has 1 rings (SSSR count). The molecule has 1 aromatic carbocycles. The Labute approximate surface area is 119 Å². The van der Waals surface area contributed by atoms with Gasteiger partial charge in [-0.15, -0.1) is 0 Å². The highest BCUT2D eigenvalue weighted by molar-refractivity contribution is 7.98. The first kappa shape index (κ1) is 15.6. The van der Waals surface area contributed by atoms with Gasteiger partial charge < -0.3 is 10.0 Å². The van der Waals surface area contributed by atoms with Crippen molar-refractivity contribution in [1.29, 1.82) is 0 Å². The lowest BCUT2D eigenvalue weighted by Crippen LogP contribution is -2.29. The first-order chi connectivity index (χ1) is 9.06. The van der Waals surface area contributed by atoms with Crippen LogP contribution in [-0.4, -0.2) is 36.2 Å². The van der Waals surface area contributed by atoms with Crippen molar-refractivity contribution in [3.63, 3.8) is 0 Å². The molecule has 0 fully saturated rings. The Bertz CT molecular complexity index is 446. The molecule has 104 valence electrons. The fourth-order valence-corrected chi connectivity index (χ4v) is 2.41. The summed E-state index contributed by atoms with van der Waals surface area (Å²) in [6.07, 6.45) is 6.04. The van der Waals surface area contributed by atoms with E-state index in [0.29, 0.717) is 6.04 Å². The molecule has 1 aromatic rings. The van der Waals surface area contributed by atoms with Gasteiger partial charge in [-0.2, -0.15) is 11.8 Å². The van der Waals surface area contributed by atoms with E-state index >= 15 is 0 Å². The van der Waals surface area contributed by atoms with Crippen LogP contribution in [0.3, 0.4) is 0 Å². The van der Waals surface area contributed by atoms with Crippen molar-refractivity contribution < 1.29 is 9.90 Å². The molecule has 0 aromatic heterocycles. The lowest BCUT2D eigenvalue weighted by Gasteiger charge is -2.28. The lowest BCUT2D eigenvalue weighted by atomic mass is 10.1. The van der Waals surface area contributed by atoms with Crippen LogP contribution in [-0.2, 0) is 4.79 Å². The number of nitrogens with zero attached hydrogens (tertiary/aromatic N) is 1. The molecule has 0 aliphatic carbocycles. The fourth-order valence-electron chi connectivity index (χ4n) is 1.83. The summed E-state index contributed by atoms with van der Waals surface area (Å²) in [4.78, 5) is 12.8. The van der Waals surface area contributed by atoms with Gasteiger partial charge >= 0.3 is 5.97 Å². The third kappa shape index (κ3) is 4.99. The summed E-state index contributed by atoms with van der Waals surface area (Å²) in [7, 11) is 2.05. The quantitative estimate of drug-likeness (QED) is 0.777. The second-order valence-corrected chi connectivity index (χ2v) is 5.46. The summed E-state index contributed by atoms with van der Waals surface area (Å²) < 4.78 is 0. The molecule has 19 heavy (non-hydrogen) atoms. The van der Waals surface area contributed by atoms with Gasteiger partial charge in [-0.3, -0.25) is 0 Å². The van der Waals surface area contributed by atoms with E-state index in [9.17, 15) is 4.79 Å². The summed E-state index contributed by atoms with van der Waals surface area (Å²) in [5.74, 6) is 0.200. The first-order valence-corrected chi connectivity index (χ1v) is 7.67. The highest BCUT2D eigenvalue weighted by atomic mass is 32.2. The van der Waals surface area contributed by atoms with Crippen LogP contribution in [0.2, 0.25) is 0 Å². The van der Waals surface area contributed by atoms with E-state index in [0.717, 1.165) is 23.4 Å². The molecule has 1 unspecified atom stereocenters. The van der Waals surface area contributed by atoms with E-state index in [1.807, 2.05) is 36.0 Å². The van der Waals surface area contributed by atoms with E-state index in [4.69, 9.17) is 5.11 Å². The Morgan fingerprint density at radius 2 is 2.16 bits per heavy atom. The molecule has 0 saturated carbocycles. The van der Waals surface area contributed by atoms with Crippen molar-refractivity contribution in [1.82, 2.24) is 0 Å². The number of carbonyl (C=O) groups is 1. The standard InChI is InChI=1S/C15H21NO2S/c1-12(10-11-19-3)16(2)14-7-5-4-6-13(14)8-9-15(17)18/h4-9,12H,10-11H2,1-3H3,(H,17,18)/b9-8+. The molecule has 3 nitrogen and oxygen atoms in total. The van der Waals surface area contributed by atoms with Gasteiger partial charge in [0.15, 0.2) is 0 Å². The van der Waals surface area contributed by atoms with Crippen LogP contribution in [0.4, 0.5) is 5.69 Å². The molecular weight excluding hydrogens is 258 g/mol. The van der Waals surface area contributed by atoms with Crippen LogP contribution in [0.25, 0.3) is 6.08 Å². The highest BCUT2D eigenvalue weighted by Crippen LogP contribution is 2.23. The number of benzene rings is 1. The zero-order chi connectivity index (χ0) is 14.3. The van der Waals surface area contributed by atoms with E-state index in [1.54, 1.807) is 6.08 Å². The van der Waals surface area contributed by atoms with Crippen LogP contribution in [0.5, 0.6) is 0 Å². The number of para-hydroxylation sites is 1. The second kappa shape index (κ2) is 7.89. The lowest BCUT2D eigenvalue weighted by molar-refractivity contribution is -0.131. The van der Waals surface area contributed by atoms with Gasteiger partial charge in [-0.05, 0) is 43.1 Å². The summed E-state index contributed by atoms with van der Waals surface area (Å²) in [5.41, 5.74) is 2.00.